The van der Waals surface area contributed by atoms with Crippen LogP contribution < -0.4 is 24.3 Å². The second-order valence-corrected chi connectivity index (χ2v) is 14.0. The predicted molar refractivity (Wildman–Crippen MR) is 218 cm³/mol. The molecular weight excluding hydrogens is 760 g/mol. The highest BCUT2D eigenvalue weighted by atomic mass is 16.9. The molecule has 5 aromatic rings. The number of benzene rings is 5. The van der Waals surface area contributed by atoms with Crippen molar-refractivity contribution in [1.82, 2.24) is 5.32 Å². The van der Waals surface area contributed by atoms with E-state index in [0.717, 1.165) is 51.1 Å². The zero-order valence-electron chi connectivity index (χ0n) is 33.4. The minimum absolute atomic E-state index is 0.101. The van der Waals surface area contributed by atoms with Crippen molar-refractivity contribution in [2.45, 2.75) is 57.4 Å². The smallest absolute Gasteiger partial charge is 0.496 e. The van der Waals surface area contributed by atoms with Gasteiger partial charge in [0.05, 0.1) is 59.5 Å². The van der Waals surface area contributed by atoms with Gasteiger partial charge in [0.1, 0.15) is 35.7 Å². The van der Waals surface area contributed by atoms with E-state index >= 15 is 0 Å². The number of methoxy groups -OCH3 is 2. The maximum atomic E-state index is 12.6. The van der Waals surface area contributed by atoms with Gasteiger partial charge >= 0.3 is 6.16 Å². The largest absolute Gasteiger partial charge is 0.514 e. The maximum Gasteiger partial charge on any atom is 0.514 e. The third-order valence-electron chi connectivity index (χ3n) is 9.78. The molecule has 4 unspecified atom stereocenters. The quantitative estimate of drug-likeness (QED) is 0.0252. The standard InChI is InChI=1S/C45H50N2O12/c1-31(58-45(48)59-38-17-13-32(14-18-38)29-57-47(49)50)27-55-42-25-46-26-43(56-28-33-23-35-9-4-6-11-39(35)41(24-33)52-3)44(42)34-15-19-37(20-16-34)54-22-8-21-53-30-36-10-5-7-12-40(36)51-2/h4-7,9-20,23-24,31,42-44,46H,8,21-22,25-30H2,1-3H3. The van der Waals surface area contributed by atoms with Gasteiger partial charge in [0.15, 0.2) is 0 Å². The van der Waals surface area contributed by atoms with Crippen molar-refractivity contribution in [2.24, 2.45) is 0 Å². The Hall–Kier alpha value is -5.93. The molecule has 0 spiro atoms. The Morgan fingerprint density at radius 3 is 2.25 bits per heavy atom. The first kappa shape index (κ1) is 42.7. The molecule has 1 heterocycles. The number of fused-ring (bicyclic) bond motifs is 1. The number of ether oxygens (including phenoxy) is 8. The highest BCUT2D eigenvalue weighted by molar-refractivity contribution is 5.89. The summed E-state index contributed by atoms with van der Waals surface area (Å²) in [6, 6.07) is 34.1. The summed E-state index contributed by atoms with van der Waals surface area (Å²) in [5.74, 6) is 2.38. The van der Waals surface area contributed by atoms with E-state index in [1.807, 2.05) is 72.8 Å². The fraction of sp³-hybridized carbons (Fsp3) is 0.356. The van der Waals surface area contributed by atoms with Gasteiger partial charge in [-0.05, 0) is 71.5 Å². The molecule has 0 amide bonds. The lowest BCUT2D eigenvalue weighted by Crippen LogP contribution is -2.51. The number of hydrogen-bond donors (Lipinski definition) is 1. The monoisotopic (exact) mass is 810 g/mol. The Bertz CT molecular complexity index is 2100. The normalized spacial score (nSPS) is 16.8. The highest BCUT2D eigenvalue weighted by Gasteiger charge is 2.36. The molecule has 4 atom stereocenters. The lowest BCUT2D eigenvalue weighted by Gasteiger charge is -2.39. The second kappa shape index (κ2) is 21.7. The Kier molecular flexibility index (Phi) is 15.7. The van der Waals surface area contributed by atoms with Gasteiger partial charge in [0, 0.05) is 36.4 Å². The van der Waals surface area contributed by atoms with Gasteiger partial charge in [-0.15, -0.1) is 10.1 Å². The molecule has 312 valence electrons. The van der Waals surface area contributed by atoms with E-state index < -0.39 is 17.3 Å². The van der Waals surface area contributed by atoms with Crippen LogP contribution in [0.15, 0.2) is 109 Å². The van der Waals surface area contributed by atoms with Crippen LogP contribution >= 0.6 is 0 Å². The van der Waals surface area contributed by atoms with E-state index in [-0.39, 0.29) is 37.1 Å². The molecule has 0 saturated carbocycles. The van der Waals surface area contributed by atoms with Crippen LogP contribution in [0.1, 0.15) is 41.5 Å². The molecule has 1 aliphatic heterocycles. The van der Waals surface area contributed by atoms with Crippen LogP contribution in [-0.4, -0.2) is 76.7 Å². The molecular formula is C45H50N2O12. The molecule has 1 fully saturated rings. The Balaban J connectivity index is 1.07. The highest BCUT2D eigenvalue weighted by Crippen LogP contribution is 2.33. The predicted octanol–water partition coefficient (Wildman–Crippen LogP) is 7.81. The number of carbonyl (C=O) groups is 1. The van der Waals surface area contributed by atoms with Crippen LogP contribution in [-0.2, 0) is 43.6 Å². The van der Waals surface area contributed by atoms with E-state index in [0.29, 0.717) is 45.1 Å². The van der Waals surface area contributed by atoms with Crippen molar-refractivity contribution >= 4 is 16.9 Å². The van der Waals surface area contributed by atoms with Crippen LogP contribution in [0.3, 0.4) is 0 Å². The molecule has 1 N–H and O–H groups in total. The number of nitrogens with one attached hydrogen (secondary N) is 1. The summed E-state index contributed by atoms with van der Waals surface area (Å²) in [7, 11) is 3.32. The molecule has 14 heteroatoms. The zero-order valence-corrected chi connectivity index (χ0v) is 33.4. The van der Waals surface area contributed by atoms with Crippen molar-refractivity contribution in [3.05, 3.63) is 142 Å². The average molecular weight is 811 g/mol. The van der Waals surface area contributed by atoms with Gasteiger partial charge in [-0.2, -0.15) is 0 Å². The first-order valence-corrected chi connectivity index (χ1v) is 19.5. The van der Waals surface area contributed by atoms with E-state index in [9.17, 15) is 14.9 Å². The minimum atomic E-state index is -0.903. The molecule has 1 saturated heterocycles. The Labute approximate surface area is 343 Å². The van der Waals surface area contributed by atoms with E-state index in [1.165, 1.54) is 12.1 Å². The summed E-state index contributed by atoms with van der Waals surface area (Å²) in [6.45, 7) is 4.61. The number of para-hydroxylation sites is 1. The lowest BCUT2D eigenvalue weighted by molar-refractivity contribution is -0.763. The topological polar surface area (TPSA) is 155 Å². The average Bonchev–Trinajstić information content (AvgIpc) is 3.25. The summed E-state index contributed by atoms with van der Waals surface area (Å²) >= 11 is 0. The van der Waals surface area contributed by atoms with Crippen molar-refractivity contribution in [2.75, 3.05) is 47.1 Å². The van der Waals surface area contributed by atoms with Gasteiger partial charge in [-0.25, -0.2) is 4.79 Å². The van der Waals surface area contributed by atoms with E-state index in [2.05, 4.69) is 22.3 Å². The van der Waals surface area contributed by atoms with Crippen molar-refractivity contribution in [3.8, 4) is 23.0 Å². The first-order chi connectivity index (χ1) is 28.8. The molecule has 0 bridgehead atoms. The van der Waals surface area contributed by atoms with Gasteiger partial charge in [-0.3, -0.25) is 0 Å². The summed E-state index contributed by atoms with van der Waals surface area (Å²) in [5, 5.41) is 15.2. The molecule has 1 aliphatic rings. The number of rotatable bonds is 21. The summed E-state index contributed by atoms with van der Waals surface area (Å²) in [6.07, 6.45) is -1.42. The molecule has 0 aromatic heterocycles. The summed E-state index contributed by atoms with van der Waals surface area (Å²) in [5.41, 5.74) is 3.55. The number of nitrogens with zero attached hydrogens (tertiary/aromatic N) is 1. The maximum absolute atomic E-state index is 12.6. The Morgan fingerprint density at radius 1 is 0.780 bits per heavy atom. The third-order valence-corrected chi connectivity index (χ3v) is 9.78. The fourth-order valence-electron chi connectivity index (χ4n) is 6.91. The van der Waals surface area contributed by atoms with Crippen LogP contribution in [0.25, 0.3) is 10.8 Å². The van der Waals surface area contributed by atoms with Gasteiger partial charge in [-0.1, -0.05) is 66.7 Å². The van der Waals surface area contributed by atoms with Gasteiger partial charge < -0.3 is 48.0 Å². The second-order valence-electron chi connectivity index (χ2n) is 14.0. The molecule has 5 aromatic carbocycles. The Morgan fingerprint density at radius 2 is 1.49 bits per heavy atom. The molecule has 0 aliphatic carbocycles. The molecule has 59 heavy (non-hydrogen) atoms. The van der Waals surface area contributed by atoms with E-state index in [1.54, 1.807) is 33.3 Å². The number of carbonyl (C=O) groups excluding carboxylic acids is 1. The lowest BCUT2D eigenvalue weighted by atomic mass is 9.85. The van der Waals surface area contributed by atoms with E-state index in [4.69, 9.17) is 37.9 Å². The van der Waals surface area contributed by atoms with Crippen LogP contribution in [0.5, 0.6) is 23.0 Å². The fourth-order valence-corrected chi connectivity index (χ4v) is 6.91. The van der Waals surface area contributed by atoms with Crippen molar-refractivity contribution in [1.29, 1.82) is 0 Å². The summed E-state index contributed by atoms with van der Waals surface area (Å²) in [4.78, 5) is 27.5. The van der Waals surface area contributed by atoms with Gasteiger partial charge in [0.2, 0.25) is 0 Å². The minimum Gasteiger partial charge on any atom is -0.496 e. The van der Waals surface area contributed by atoms with Crippen LogP contribution in [0, 0.1) is 10.1 Å². The van der Waals surface area contributed by atoms with Crippen LogP contribution in [0.2, 0.25) is 0 Å². The molecule has 14 nitrogen and oxygen atoms in total. The number of piperidine rings is 1. The van der Waals surface area contributed by atoms with Crippen molar-refractivity contribution in [3.63, 3.8) is 0 Å². The van der Waals surface area contributed by atoms with Crippen molar-refractivity contribution < 1.29 is 52.6 Å². The van der Waals surface area contributed by atoms with Crippen LogP contribution in [0.4, 0.5) is 4.79 Å². The number of hydrogen-bond acceptors (Lipinski definition) is 13. The molecule has 6 rings (SSSR count). The SMILES string of the molecule is COc1ccccc1COCCCOc1ccc(C2C(OCc3cc(OC)c4ccccc4c3)CNCC2OCC(C)OC(=O)Oc2ccc(CO[N+](=O)[O-])cc2)cc1. The molecule has 0 radical (unpaired) electrons. The third kappa shape index (κ3) is 12.5. The zero-order chi connectivity index (χ0) is 41.4. The van der Waals surface area contributed by atoms with Gasteiger partial charge in [0.25, 0.3) is 5.09 Å². The first-order valence-electron chi connectivity index (χ1n) is 19.5. The summed E-state index contributed by atoms with van der Waals surface area (Å²) < 4.78 is 47.0.